The molecule has 7 nitrogen and oxygen atoms in total. The lowest BCUT2D eigenvalue weighted by Crippen LogP contribution is -2.27. The fourth-order valence-corrected chi connectivity index (χ4v) is 2.64. The zero-order valence-electron chi connectivity index (χ0n) is 13.6. The first-order chi connectivity index (χ1) is 11.0. The van der Waals surface area contributed by atoms with Crippen LogP contribution in [-0.2, 0) is 30.8 Å². The Labute approximate surface area is 137 Å². The fraction of sp³-hybridized carbons (Fsp3) is 0.600. The minimum Gasteiger partial charge on any atom is -0.488 e. The third-order valence-corrected chi connectivity index (χ3v) is 4.53. The Kier molecular flexibility index (Phi) is 8.57. The Morgan fingerprint density at radius 1 is 1.35 bits per heavy atom. The second kappa shape index (κ2) is 10.2. The molecule has 23 heavy (non-hydrogen) atoms. The van der Waals surface area contributed by atoms with Crippen LogP contribution in [0.3, 0.4) is 0 Å². The second-order valence-electron chi connectivity index (χ2n) is 4.86. The molecule has 0 saturated heterocycles. The molecule has 0 aromatic carbocycles. The Morgan fingerprint density at radius 2 is 2.09 bits per heavy atom. The van der Waals surface area contributed by atoms with Crippen molar-refractivity contribution in [1.29, 1.82) is 0 Å². The third-order valence-electron chi connectivity index (χ3n) is 2.95. The van der Waals surface area contributed by atoms with Gasteiger partial charge in [-0.2, -0.15) is 0 Å². The lowest BCUT2D eigenvalue weighted by Gasteiger charge is -2.11. The van der Waals surface area contributed by atoms with Crippen LogP contribution in [0.2, 0.25) is 0 Å². The van der Waals surface area contributed by atoms with E-state index < -0.39 is 22.0 Å². The van der Waals surface area contributed by atoms with E-state index in [-0.39, 0.29) is 30.1 Å². The summed E-state index contributed by atoms with van der Waals surface area (Å²) in [5, 5.41) is -0.786. The summed E-state index contributed by atoms with van der Waals surface area (Å²) in [5.41, 5.74) is 0.202. The first-order valence-electron chi connectivity index (χ1n) is 7.36. The standard InChI is InChI=1S/C15H23NO6S/c1-4-5-21-14-9-16-12(8-13(14)17)10-23(19)11(2)15(18)22-7-6-20-3/h8-9,11H,4-7,10H2,1-3H3,(H,16,17). The highest BCUT2D eigenvalue weighted by Crippen LogP contribution is 2.08. The van der Waals surface area contributed by atoms with Crippen molar-refractivity contribution in [3.05, 3.63) is 28.2 Å². The summed E-state index contributed by atoms with van der Waals surface area (Å²) in [6, 6.07) is 1.34. The quantitative estimate of drug-likeness (QED) is 0.502. The smallest absolute Gasteiger partial charge is 0.321 e. The van der Waals surface area contributed by atoms with Crippen LogP contribution >= 0.6 is 0 Å². The van der Waals surface area contributed by atoms with Crippen LogP contribution in [0.15, 0.2) is 17.1 Å². The van der Waals surface area contributed by atoms with Crippen LogP contribution in [-0.4, -0.2) is 47.3 Å². The Hall–Kier alpha value is -1.67. The van der Waals surface area contributed by atoms with Crippen LogP contribution in [0.4, 0.5) is 0 Å². The number of carbonyl (C=O) groups is 1. The van der Waals surface area contributed by atoms with Crippen molar-refractivity contribution < 1.29 is 23.2 Å². The molecule has 1 heterocycles. The van der Waals surface area contributed by atoms with Crippen molar-refractivity contribution in [2.45, 2.75) is 31.3 Å². The molecule has 8 heteroatoms. The first kappa shape index (κ1) is 19.4. The molecule has 0 aliphatic rings. The molecule has 2 atom stereocenters. The molecular formula is C15H23NO6S. The fourth-order valence-electron chi connectivity index (χ4n) is 1.64. The van der Waals surface area contributed by atoms with E-state index in [4.69, 9.17) is 14.2 Å². The van der Waals surface area contributed by atoms with E-state index in [1.165, 1.54) is 26.3 Å². The topological polar surface area (TPSA) is 94.7 Å². The predicted molar refractivity (Wildman–Crippen MR) is 87.0 cm³/mol. The number of nitrogens with one attached hydrogen (secondary N) is 1. The molecule has 0 aliphatic carbocycles. The van der Waals surface area contributed by atoms with Crippen molar-refractivity contribution in [3.8, 4) is 5.75 Å². The molecule has 0 spiro atoms. The number of aromatic nitrogens is 1. The van der Waals surface area contributed by atoms with E-state index in [1.54, 1.807) is 0 Å². The van der Waals surface area contributed by atoms with Gasteiger partial charge in [-0.1, -0.05) is 6.92 Å². The maximum atomic E-state index is 12.2. The van der Waals surface area contributed by atoms with Gasteiger partial charge >= 0.3 is 5.97 Å². The number of esters is 1. The van der Waals surface area contributed by atoms with E-state index >= 15 is 0 Å². The molecule has 0 radical (unpaired) electrons. The molecule has 1 rings (SSSR count). The predicted octanol–water partition coefficient (Wildman–Crippen LogP) is 0.990. The van der Waals surface area contributed by atoms with Crippen LogP contribution in [0.25, 0.3) is 0 Å². The minimum atomic E-state index is -1.50. The Balaban J connectivity index is 2.61. The number of rotatable bonds is 10. The summed E-state index contributed by atoms with van der Waals surface area (Å²) in [6.45, 7) is 4.34. The number of ether oxygens (including phenoxy) is 3. The van der Waals surface area contributed by atoms with E-state index in [2.05, 4.69) is 4.98 Å². The van der Waals surface area contributed by atoms with Gasteiger partial charge in [0.1, 0.15) is 11.9 Å². The number of pyridine rings is 1. The number of carbonyl (C=O) groups excluding carboxylic acids is 1. The molecule has 130 valence electrons. The van der Waals surface area contributed by atoms with Gasteiger partial charge in [-0.3, -0.25) is 13.8 Å². The normalized spacial score (nSPS) is 13.3. The van der Waals surface area contributed by atoms with Crippen LogP contribution in [0, 0.1) is 0 Å². The van der Waals surface area contributed by atoms with Gasteiger partial charge in [-0.05, 0) is 13.3 Å². The number of methoxy groups -OCH3 is 1. The van der Waals surface area contributed by atoms with Gasteiger partial charge in [0.25, 0.3) is 0 Å². The van der Waals surface area contributed by atoms with E-state index in [0.717, 1.165) is 6.42 Å². The molecule has 0 amide bonds. The lowest BCUT2D eigenvalue weighted by molar-refractivity contribution is -0.143. The van der Waals surface area contributed by atoms with Gasteiger partial charge in [0.2, 0.25) is 5.43 Å². The Bertz CT molecular complexity index is 586. The monoisotopic (exact) mass is 345 g/mol. The van der Waals surface area contributed by atoms with Gasteiger partial charge in [-0.15, -0.1) is 0 Å². The maximum absolute atomic E-state index is 12.2. The van der Waals surface area contributed by atoms with Gasteiger partial charge in [-0.25, -0.2) is 0 Å². The van der Waals surface area contributed by atoms with E-state index in [0.29, 0.717) is 12.3 Å². The van der Waals surface area contributed by atoms with Crippen molar-refractivity contribution in [2.75, 3.05) is 26.9 Å². The second-order valence-corrected chi connectivity index (χ2v) is 6.62. The molecule has 0 aliphatic heterocycles. The highest BCUT2D eigenvalue weighted by molar-refractivity contribution is 7.85. The van der Waals surface area contributed by atoms with Crippen LogP contribution in [0.1, 0.15) is 26.0 Å². The van der Waals surface area contributed by atoms with E-state index in [1.807, 2.05) is 6.92 Å². The molecule has 1 N–H and O–H groups in total. The molecule has 0 bridgehead atoms. The first-order valence-corrected chi connectivity index (χ1v) is 8.75. The molecule has 2 unspecified atom stereocenters. The van der Waals surface area contributed by atoms with Gasteiger partial charge in [0, 0.05) is 35.9 Å². The van der Waals surface area contributed by atoms with Gasteiger partial charge < -0.3 is 19.2 Å². The minimum absolute atomic E-state index is 0.0594. The molecule has 1 aromatic heterocycles. The van der Waals surface area contributed by atoms with E-state index in [9.17, 15) is 13.8 Å². The zero-order chi connectivity index (χ0) is 17.2. The summed E-state index contributed by atoms with van der Waals surface area (Å²) in [6.07, 6.45) is 2.25. The van der Waals surface area contributed by atoms with Gasteiger partial charge in [0.15, 0.2) is 5.75 Å². The highest BCUT2D eigenvalue weighted by Gasteiger charge is 2.22. The van der Waals surface area contributed by atoms with Crippen molar-refractivity contribution >= 4 is 16.8 Å². The SMILES string of the molecule is CCCOc1c[nH]c(CS(=O)C(C)C(=O)OCCOC)cc1=O. The Morgan fingerprint density at radius 3 is 2.70 bits per heavy atom. The molecular weight excluding hydrogens is 322 g/mol. The number of hydrogen-bond donors (Lipinski definition) is 1. The van der Waals surface area contributed by atoms with Crippen molar-refractivity contribution in [3.63, 3.8) is 0 Å². The number of aromatic amines is 1. The number of H-pyrrole nitrogens is 1. The molecule has 0 saturated carbocycles. The maximum Gasteiger partial charge on any atom is 0.321 e. The average molecular weight is 345 g/mol. The zero-order valence-corrected chi connectivity index (χ0v) is 14.4. The molecule has 1 aromatic rings. The van der Waals surface area contributed by atoms with Gasteiger partial charge in [0.05, 0.1) is 19.0 Å². The summed E-state index contributed by atoms with van der Waals surface area (Å²) < 4.78 is 27.2. The summed E-state index contributed by atoms with van der Waals surface area (Å²) >= 11 is 0. The van der Waals surface area contributed by atoms with Crippen LogP contribution < -0.4 is 10.2 Å². The lowest BCUT2D eigenvalue weighted by atomic mass is 10.3. The molecule has 0 fully saturated rings. The largest absolute Gasteiger partial charge is 0.488 e. The van der Waals surface area contributed by atoms with Crippen LogP contribution in [0.5, 0.6) is 5.75 Å². The summed E-state index contributed by atoms with van der Waals surface area (Å²) in [5.74, 6) is -0.261. The summed E-state index contributed by atoms with van der Waals surface area (Å²) in [4.78, 5) is 26.5. The van der Waals surface area contributed by atoms with Crippen molar-refractivity contribution in [1.82, 2.24) is 4.98 Å². The summed E-state index contributed by atoms with van der Waals surface area (Å²) in [7, 11) is 0.00185. The highest BCUT2D eigenvalue weighted by atomic mass is 32.2. The van der Waals surface area contributed by atoms with Crippen molar-refractivity contribution in [2.24, 2.45) is 0 Å². The number of hydrogen-bond acceptors (Lipinski definition) is 6. The average Bonchev–Trinajstić information content (AvgIpc) is 2.53. The third kappa shape index (κ3) is 6.54.